The molecule has 1 fully saturated rings. The van der Waals surface area contributed by atoms with Gasteiger partial charge in [0.25, 0.3) is 0 Å². The van der Waals surface area contributed by atoms with Gasteiger partial charge >= 0.3 is 11.7 Å². The predicted molar refractivity (Wildman–Crippen MR) is 74.2 cm³/mol. The summed E-state index contributed by atoms with van der Waals surface area (Å²) in [5.41, 5.74) is 0.402. The fourth-order valence-corrected chi connectivity index (χ4v) is 2.02. The molecule has 0 saturated carbocycles. The molecule has 21 heavy (non-hydrogen) atoms. The molecule has 1 N–H and O–H groups in total. The van der Waals surface area contributed by atoms with Crippen LogP contribution in [0.4, 0.5) is 5.69 Å². The maximum atomic E-state index is 11.0. The third kappa shape index (κ3) is 4.28. The monoisotopic (exact) mass is 293 g/mol. The first kappa shape index (κ1) is 15.0. The van der Waals surface area contributed by atoms with Gasteiger partial charge in [0, 0.05) is 25.0 Å². The van der Waals surface area contributed by atoms with Gasteiger partial charge in [-0.05, 0) is 23.8 Å². The molecule has 1 heterocycles. The van der Waals surface area contributed by atoms with E-state index in [9.17, 15) is 14.9 Å². The summed E-state index contributed by atoms with van der Waals surface area (Å²) in [6.07, 6.45) is 3.55. The van der Waals surface area contributed by atoms with E-state index >= 15 is 0 Å². The highest BCUT2D eigenvalue weighted by molar-refractivity contribution is 5.85. The molecule has 0 spiro atoms. The van der Waals surface area contributed by atoms with Crippen molar-refractivity contribution in [2.75, 3.05) is 13.2 Å². The Morgan fingerprint density at radius 2 is 2.14 bits per heavy atom. The predicted octanol–water partition coefficient (Wildman–Crippen LogP) is 2.25. The topological polar surface area (TPSA) is 98.9 Å². The van der Waals surface area contributed by atoms with Crippen LogP contribution in [0.15, 0.2) is 24.3 Å². The van der Waals surface area contributed by atoms with Crippen molar-refractivity contribution in [3.8, 4) is 5.75 Å². The van der Waals surface area contributed by atoms with E-state index in [-0.39, 0.29) is 17.5 Å². The second-order valence-electron chi connectivity index (χ2n) is 4.59. The number of rotatable bonds is 5. The minimum absolute atomic E-state index is 0.129. The highest BCUT2D eigenvalue weighted by atomic mass is 16.6. The van der Waals surface area contributed by atoms with Crippen LogP contribution in [0.1, 0.15) is 18.4 Å². The molecule has 1 aliphatic rings. The van der Waals surface area contributed by atoms with Gasteiger partial charge in [-0.2, -0.15) is 0 Å². The van der Waals surface area contributed by atoms with E-state index in [1.807, 2.05) is 0 Å². The molecule has 1 aromatic rings. The number of nitrogens with zero attached hydrogens (tertiary/aromatic N) is 1. The number of carboxylic acid groups (broad SMARTS) is 1. The number of carbonyl (C=O) groups is 1. The highest BCUT2D eigenvalue weighted by Gasteiger charge is 2.21. The number of nitro benzene ring substituents is 1. The van der Waals surface area contributed by atoms with Crippen LogP contribution in [0, 0.1) is 10.1 Å². The smallest absolute Gasteiger partial charge is 0.328 e. The second-order valence-corrected chi connectivity index (χ2v) is 4.59. The number of benzene rings is 1. The fourth-order valence-electron chi connectivity index (χ4n) is 2.02. The Morgan fingerprint density at radius 1 is 1.43 bits per heavy atom. The van der Waals surface area contributed by atoms with Gasteiger partial charge in [-0.15, -0.1) is 0 Å². The molecule has 1 aromatic carbocycles. The SMILES string of the molecule is O=C(O)C=Cc1ccc([N+](=O)[O-])c(OC2CCOCC2)c1. The second kappa shape index (κ2) is 6.85. The molecular formula is C14H15NO6. The van der Waals surface area contributed by atoms with Crippen LogP contribution < -0.4 is 4.74 Å². The van der Waals surface area contributed by atoms with Crippen molar-refractivity contribution in [2.24, 2.45) is 0 Å². The van der Waals surface area contributed by atoms with Crippen molar-refractivity contribution in [2.45, 2.75) is 18.9 Å². The third-order valence-electron chi connectivity index (χ3n) is 3.06. The van der Waals surface area contributed by atoms with E-state index < -0.39 is 10.9 Å². The van der Waals surface area contributed by atoms with E-state index in [2.05, 4.69) is 0 Å². The first-order valence-electron chi connectivity index (χ1n) is 6.50. The largest absolute Gasteiger partial charge is 0.483 e. The van der Waals surface area contributed by atoms with Gasteiger partial charge in [-0.1, -0.05) is 0 Å². The van der Waals surface area contributed by atoms with Crippen LogP contribution in [0.3, 0.4) is 0 Å². The quantitative estimate of drug-likeness (QED) is 0.508. The lowest BCUT2D eigenvalue weighted by Gasteiger charge is -2.23. The van der Waals surface area contributed by atoms with Crippen molar-refractivity contribution >= 4 is 17.7 Å². The molecule has 1 aliphatic heterocycles. The van der Waals surface area contributed by atoms with Crippen LogP contribution in [0.5, 0.6) is 5.75 Å². The first-order valence-corrected chi connectivity index (χ1v) is 6.50. The molecule has 7 nitrogen and oxygen atoms in total. The summed E-state index contributed by atoms with van der Waals surface area (Å²) >= 11 is 0. The fraction of sp³-hybridized carbons (Fsp3) is 0.357. The van der Waals surface area contributed by atoms with Gasteiger partial charge < -0.3 is 14.6 Å². The summed E-state index contributed by atoms with van der Waals surface area (Å²) in [7, 11) is 0. The maximum Gasteiger partial charge on any atom is 0.328 e. The summed E-state index contributed by atoms with van der Waals surface area (Å²) in [6, 6.07) is 4.28. The van der Waals surface area contributed by atoms with Gasteiger partial charge in [0.15, 0.2) is 5.75 Å². The number of ether oxygens (including phenoxy) is 2. The lowest BCUT2D eigenvalue weighted by atomic mass is 10.1. The molecule has 2 rings (SSSR count). The lowest BCUT2D eigenvalue weighted by Crippen LogP contribution is -2.26. The molecule has 7 heteroatoms. The average Bonchev–Trinajstić information content (AvgIpc) is 2.46. The molecular weight excluding hydrogens is 278 g/mol. The molecule has 0 unspecified atom stereocenters. The zero-order chi connectivity index (χ0) is 15.2. The van der Waals surface area contributed by atoms with E-state index in [0.29, 0.717) is 31.6 Å². The number of carboxylic acids is 1. The maximum absolute atomic E-state index is 11.0. The zero-order valence-electron chi connectivity index (χ0n) is 11.2. The minimum atomic E-state index is -1.08. The summed E-state index contributed by atoms with van der Waals surface area (Å²) in [5, 5.41) is 19.6. The van der Waals surface area contributed by atoms with Crippen molar-refractivity contribution in [1.82, 2.24) is 0 Å². The van der Waals surface area contributed by atoms with Crippen molar-refractivity contribution in [3.63, 3.8) is 0 Å². The van der Waals surface area contributed by atoms with Gasteiger partial charge in [0.05, 0.1) is 18.1 Å². The van der Waals surface area contributed by atoms with Gasteiger partial charge in [0.1, 0.15) is 6.10 Å². The Labute approximate surface area is 120 Å². The Balaban J connectivity index is 2.23. The normalized spacial score (nSPS) is 16.0. The van der Waals surface area contributed by atoms with Crippen molar-refractivity contribution in [3.05, 3.63) is 40.0 Å². The molecule has 1 saturated heterocycles. The standard InChI is InChI=1S/C14H15NO6/c16-14(17)4-2-10-1-3-12(15(18)19)13(9-10)21-11-5-7-20-8-6-11/h1-4,9,11H,5-8H2,(H,16,17). The summed E-state index contributed by atoms with van der Waals surface area (Å²) < 4.78 is 10.9. The molecule has 0 aromatic heterocycles. The van der Waals surface area contributed by atoms with E-state index in [0.717, 1.165) is 6.08 Å². The van der Waals surface area contributed by atoms with E-state index in [1.54, 1.807) is 0 Å². The minimum Gasteiger partial charge on any atom is -0.483 e. The molecule has 0 amide bonds. The van der Waals surface area contributed by atoms with Gasteiger partial charge in [-0.3, -0.25) is 10.1 Å². The zero-order valence-corrected chi connectivity index (χ0v) is 11.2. The van der Waals surface area contributed by atoms with Crippen LogP contribution in [0.25, 0.3) is 6.08 Å². The number of nitro groups is 1. The van der Waals surface area contributed by atoms with Gasteiger partial charge in [0.2, 0.25) is 0 Å². The van der Waals surface area contributed by atoms with Crippen molar-refractivity contribution < 1.29 is 24.3 Å². The molecule has 112 valence electrons. The first-order chi connectivity index (χ1) is 10.1. The summed E-state index contributed by atoms with van der Waals surface area (Å²) in [6.45, 7) is 1.13. The Morgan fingerprint density at radius 3 is 2.76 bits per heavy atom. The van der Waals surface area contributed by atoms with Crippen LogP contribution >= 0.6 is 0 Å². The van der Waals surface area contributed by atoms with Crippen LogP contribution in [-0.2, 0) is 9.53 Å². The Hall–Kier alpha value is -2.41. The van der Waals surface area contributed by atoms with E-state index in [1.165, 1.54) is 24.3 Å². The summed E-state index contributed by atoms with van der Waals surface area (Å²) in [4.78, 5) is 21.0. The number of hydrogen-bond acceptors (Lipinski definition) is 5. The Bertz CT molecular complexity index is 563. The van der Waals surface area contributed by atoms with Crippen LogP contribution in [0.2, 0.25) is 0 Å². The van der Waals surface area contributed by atoms with Crippen molar-refractivity contribution in [1.29, 1.82) is 0 Å². The third-order valence-corrected chi connectivity index (χ3v) is 3.06. The van der Waals surface area contributed by atoms with E-state index in [4.69, 9.17) is 14.6 Å². The lowest BCUT2D eigenvalue weighted by molar-refractivity contribution is -0.386. The molecule has 0 atom stereocenters. The molecule has 0 aliphatic carbocycles. The highest BCUT2D eigenvalue weighted by Crippen LogP contribution is 2.30. The molecule has 0 radical (unpaired) electrons. The molecule has 0 bridgehead atoms. The summed E-state index contributed by atoms with van der Waals surface area (Å²) in [5.74, 6) is -0.931. The average molecular weight is 293 g/mol. The van der Waals surface area contributed by atoms with Gasteiger partial charge in [-0.25, -0.2) is 4.79 Å². The number of hydrogen-bond donors (Lipinski definition) is 1. The van der Waals surface area contributed by atoms with Crippen LogP contribution in [-0.4, -0.2) is 35.3 Å². The Kier molecular flexibility index (Phi) is 4.89. The number of aliphatic carboxylic acids is 1.